The SMILES string of the molecule is C[Si](C)(C)CCOCn1cc(Br)nc1C1COc2ccc(O)cc2C1. The van der Waals surface area contributed by atoms with Crippen molar-refractivity contribution in [2.24, 2.45) is 0 Å². The van der Waals surface area contributed by atoms with Gasteiger partial charge in [0.25, 0.3) is 0 Å². The molecule has 1 N–H and O–H groups in total. The van der Waals surface area contributed by atoms with E-state index in [-0.39, 0.29) is 11.7 Å². The molecular weight excluding hydrogens is 400 g/mol. The smallest absolute Gasteiger partial charge is 0.124 e. The number of ether oxygens (including phenoxy) is 2. The van der Waals surface area contributed by atoms with Crippen molar-refractivity contribution in [3.8, 4) is 11.5 Å². The van der Waals surface area contributed by atoms with Gasteiger partial charge in [-0.05, 0) is 52.2 Å². The van der Waals surface area contributed by atoms with E-state index in [9.17, 15) is 5.11 Å². The number of fused-ring (bicyclic) bond motifs is 1. The Balaban J connectivity index is 1.69. The molecular formula is C18H25BrN2O3Si. The lowest BCUT2D eigenvalue weighted by Crippen LogP contribution is -2.24. The summed E-state index contributed by atoms with van der Waals surface area (Å²) in [4.78, 5) is 4.62. The van der Waals surface area contributed by atoms with Gasteiger partial charge < -0.3 is 19.1 Å². The summed E-state index contributed by atoms with van der Waals surface area (Å²) < 4.78 is 14.6. The number of hydrogen-bond acceptors (Lipinski definition) is 4. The molecule has 5 nitrogen and oxygen atoms in total. The monoisotopic (exact) mass is 424 g/mol. The molecule has 1 aromatic carbocycles. The van der Waals surface area contributed by atoms with Gasteiger partial charge in [0.15, 0.2) is 0 Å². The maximum absolute atomic E-state index is 9.71. The first-order valence-electron chi connectivity index (χ1n) is 8.57. The van der Waals surface area contributed by atoms with E-state index < -0.39 is 8.07 Å². The van der Waals surface area contributed by atoms with Gasteiger partial charge in [0.05, 0.1) is 12.5 Å². The van der Waals surface area contributed by atoms with Gasteiger partial charge in [-0.25, -0.2) is 4.98 Å². The average Bonchev–Trinajstić information content (AvgIpc) is 2.91. The first kappa shape index (κ1) is 18.5. The molecule has 1 aromatic heterocycles. The Kier molecular flexibility index (Phi) is 5.55. The molecule has 0 amide bonds. The molecule has 2 aromatic rings. The van der Waals surface area contributed by atoms with E-state index in [0.29, 0.717) is 13.3 Å². The summed E-state index contributed by atoms with van der Waals surface area (Å²) in [7, 11) is -1.08. The van der Waals surface area contributed by atoms with Crippen LogP contribution in [0, 0.1) is 0 Å². The lowest BCUT2D eigenvalue weighted by atomic mass is 9.96. The van der Waals surface area contributed by atoms with Gasteiger partial charge in [-0.2, -0.15) is 0 Å². The topological polar surface area (TPSA) is 56.5 Å². The van der Waals surface area contributed by atoms with Crippen LogP contribution in [-0.2, 0) is 17.9 Å². The highest BCUT2D eigenvalue weighted by atomic mass is 79.9. The summed E-state index contributed by atoms with van der Waals surface area (Å²) in [5, 5.41) is 9.71. The van der Waals surface area contributed by atoms with Crippen molar-refractivity contribution in [3.63, 3.8) is 0 Å². The Morgan fingerprint density at radius 3 is 2.96 bits per heavy atom. The van der Waals surface area contributed by atoms with Crippen molar-refractivity contribution in [1.29, 1.82) is 0 Å². The summed E-state index contributed by atoms with van der Waals surface area (Å²) >= 11 is 3.47. The number of phenolic OH excluding ortho intramolecular Hbond substituents is 1. The molecule has 1 aliphatic heterocycles. The van der Waals surface area contributed by atoms with Crippen LogP contribution >= 0.6 is 15.9 Å². The van der Waals surface area contributed by atoms with E-state index >= 15 is 0 Å². The Bertz CT molecular complexity index is 742. The molecule has 1 aliphatic rings. The predicted octanol–water partition coefficient (Wildman–Crippen LogP) is 4.38. The van der Waals surface area contributed by atoms with Crippen LogP contribution in [0.1, 0.15) is 17.3 Å². The molecule has 0 aliphatic carbocycles. The number of phenols is 1. The van der Waals surface area contributed by atoms with Crippen molar-refractivity contribution in [2.45, 2.75) is 44.8 Å². The molecule has 7 heteroatoms. The molecule has 1 atom stereocenters. The minimum absolute atomic E-state index is 0.140. The van der Waals surface area contributed by atoms with Crippen molar-refractivity contribution in [3.05, 3.63) is 40.4 Å². The highest BCUT2D eigenvalue weighted by Crippen LogP contribution is 2.34. The van der Waals surface area contributed by atoms with E-state index in [1.807, 2.05) is 12.3 Å². The van der Waals surface area contributed by atoms with E-state index in [0.717, 1.165) is 40.8 Å². The van der Waals surface area contributed by atoms with Crippen LogP contribution in [0.3, 0.4) is 0 Å². The van der Waals surface area contributed by atoms with E-state index in [1.165, 1.54) is 0 Å². The second kappa shape index (κ2) is 7.51. The Morgan fingerprint density at radius 2 is 2.20 bits per heavy atom. The largest absolute Gasteiger partial charge is 0.508 e. The third-order valence-electron chi connectivity index (χ3n) is 4.32. The molecule has 0 spiro atoms. The molecule has 1 unspecified atom stereocenters. The van der Waals surface area contributed by atoms with Crippen LogP contribution < -0.4 is 4.74 Å². The standard InChI is InChI=1S/C18H25BrN2O3Si/c1-25(2,3)7-6-23-12-21-10-17(19)20-18(21)14-8-13-9-15(22)4-5-16(13)24-11-14/h4-5,9-10,14,22H,6-8,11-12H2,1-3H3. The number of imidazole rings is 1. The molecule has 0 bridgehead atoms. The van der Waals surface area contributed by atoms with E-state index in [1.54, 1.807) is 12.1 Å². The molecule has 25 heavy (non-hydrogen) atoms. The van der Waals surface area contributed by atoms with Gasteiger partial charge in [-0.15, -0.1) is 0 Å². The predicted molar refractivity (Wildman–Crippen MR) is 104 cm³/mol. The maximum Gasteiger partial charge on any atom is 0.124 e. The van der Waals surface area contributed by atoms with E-state index in [4.69, 9.17) is 9.47 Å². The Hall–Kier alpha value is -1.31. The van der Waals surface area contributed by atoms with Crippen LogP contribution in [0.2, 0.25) is 25.7 Å². The van der Waals surface area contributed by atoms with Crippen LogP contribution in [0.15, 0.2) is 29.0 Å². The number of hydrogen-bond donors (Lipinski definition) is 1. The Morgan fingerprint density at radius 1 is 1.40 bits per heavy atom. The summed E-state index contributed by atoms with van der Waals surface area (Å²) in [5.41, 5.74) is 1.02. The van der Waals surface area contributed by atoms with Crippen molar-refractivity contribution >= 4 is 24.0 Å². The molecule has 0 saturated heterocycles. The molecule has 136 valence electrons. The summed E-state index contributed by atoms with van der Waals surface area (Å²) in [6.45, 7) is 8.91. The molecule has 3 rings (SSSR count). The number of aromatic nitrogens is 2. The van der Waals surface area contributed by atoms with Crippen molar-refractivity contribution < 1.29 is 14.6 Å². The minimum atomic E-state index is -1.08. The number of aromatic hydroxyl groups is 1. The van der Waals surface area contributed by atoms with Crippen molar-refractivity contribution in [1.82, 2.24) is 9.55 Å². The molecule has 0 radical (unpaired) electrons. The Labute approximate surface area is 158 Å². The van der Waals surface area contributed by atoms with E-state index in [2.05, 4.69) is 45.1 Å². The zero-order chi connectivity index (χ0) is 18.0. The first-order valence-corrected chi connectivity index (χ1v) is 13.1. The van der Waals surface area contributed by atoms with Crippen molar-refractivity contribution in [2.75, 3.05) is 13.2 Å². The third kappa shape index (κ3) is 4.86. The number of benzene rings is 1. The van der Waals surface area contributed by atoms with Gasteiger partial charge in [0.1, 0.15) is 28.7 Å². The highest BCUT2D eigenvalue weighted by Gasteiger charge is 2.26. The fourth-order valence-corrected chi connectivity index (χ4v) is 4.10. The maximum atomic E-state index is 9.71. The molecule has 0 fully saturated rings. The zero-order valence-electron chi connectivity index (χ0n) is 15.0. The number of nitrogens with zero attached hydrogens (tertiary/aromatic N) is 2. The van der Waals surface area contributed by atoms with Gasteiger partial charge in [0, 0.05) is 20.9 Å². The average molecular weight is 425 g/mol. The highest BCUT2D eigenvalue weighted by molar-refractivity contribution is 9.10. The van der Waals surface area contributed by atoms with Crippen LogP contribution in [0.25, 0.3) is 0 Å². The quantitative estimate of drug-likeness (QED) is 0.551. The minimum Gasteiger partial charge on any atom is -0.508 e. The zero-order valence-corrected chi connectivity index (χ0v) is 17.5. The molecule has 0 saturated carbocycles. The normalized spacial score (nSPS) is 17.2. The van der Waals surface area contributed by atoms with Gasteiger partial charge in [-0.1, -0.05) is 19.6 Å². The summed E-state index contributed by atoms with van der Waals surface area (Å²) in [6.07, 6.45) is 2.75. The van der Waals surface area contributed by atoms with Gasteiger partial charge >= 0.3 is 0 Å². The van der Waals surface area contributed by atoms with Gasteiger partial charge in [-0.3, -0.25) is 0 Å². The summed E-state index contributed by atoms with van der Waals surface area (Å²) in [5.74, 6) is 2.20. The second-order valence-electron chi connectivity index (χ2n) is 7.74. The van der Waals surface area contributed by atoms with Crippen LogP contribution in [0.4, 0.5) is 0 Å². The number of halogens is 1. The second-order valence-corrected chi connectivity index (χ2v) is 14.2. The third-order valence-corrected chi connectivity index (χ3v) is 6.41. The summed E-state index contributed by atoms with van der Waals surface area (Å²) in [6, 6.07) is 6.40. The lowest BCUT2D eigenvalue weighted by Gasteiger charge is -2.25. The number of rotatable bonds is 6. The van der Waals surface area contributed by atoms with Crippen LogP contribution in [-0.4, -0.2) is 35.9 Å². The fourth-order valence-electron chi connectivity index (χ4n) is 2.91. The fraction of sp³-hybridized carbons (Fsp3) is 0.500. The lowest BCUT2D eigenvalue weighted by molar-refractivity contribution is 0.0830. The van der Waals surface area contributed by atoms with Gasteiger partial charge in [0.2, 0.25) is 0 Å². The first-order chi connectivity index (χ1) is 11.8. The molecule has 2 heterocycles. The van der Waals surface area contributed by atoms with Crippen LogP contribution in [0.5, 0.6) is 11.5 Å².